The molecule has 3 rings (SSSR count). The van der Waals surface area contributed by atoms with E-state index >= 15 is 0 Å². The molecule has 1 aromatic heterocycles. The number of rotatable bonds is 6. The minimum atomic E-state index is 0.0226. The maximum absolute atomic E-state index is 12.3. The number of hydrogen-bond acceptors (Lipinski definition) is 4. The van der Waals surface area contributed by atoms with Gasteiger partial charge < -0.3 is 14.6 Å². The highest BCUT2D eigenvalue weighted by molar-refractivity contribution is 5.92. The fourth-order valence-electron chi connectivity index (χ4n) is 3.19. The maximum Gasteiger partial charge on any atom is 0.238 e. The van der Waals surface area contributed by atoms with Gasteiger partial charge in [-0.3, -0.25) is 9.69 Å². The van der Waals surface area contributed by atoms with E-state index in [9.17, 15) is 4.79 Å². The molecule has 6 heteroatoms. The van der Waals surface area contributed by atoms with Gasteiger partial charge in [-0.05, 0) is 50.6 Å². The summed E-state index contributed by atoms with van der Waals surface area (Å²) in [7, 11) is 1.63. The lowest BCUT2D eigenvalue weighted by Crippen LogP contribution is -2.39. The Labute approximate surface area is 142 Å². The molecule has 1 fully saturated rings. The topological polar surface area (TPSA) is 59.4 Å². The van der Waals surface area contributed by atoms with Crippen molar-refractivity contribution in [3.63, 3.8) is 0 Å². The predicted octanol–water partition coefficient (Wildman–Crippen LogP) is 2.30. The molecule has 0 radical (unpaired) electrons. The van der Waals surface area contributed by atoms with Gasteiger partial charge in [0.15, 0.2) is 0 Å². The molecule has 6 nitrogen and oxygen atoms in total. The Hall–Kier alpha value is -2.34. The van der Waals surface area contributed by atoms with Crippen LogP contribution in [-0.4, -0.2) is 46.6 Å². The molecule has 1 saturated heterocycles. The van der Waals surface area contributed by atoms with Crippen LogP contribution >= 0.6 is 0 Å². The van der Waals surface area contributed by atoms with Gasteiger partial charge in [0.2, 0.25) is 5.91 Å². The molecule has 0 saturated carbocycles. The molecule has 1 atom stereocenters. The number of benzene rings is 1. The van der Waals surface area contributed by atoms with Gasteiger partial charge in [0.1, 0.15) is 11.6 Å². The van der Waals surface area contributed by atoms with E-state index in [1.165, 1.54) is 0 Å². The minimum absolute atomic E-state index is 0.0226. The van der Waals surface area contributed by atoms with Gasteiger partial charge in [-0.15, -0.1) is 0 Å². The van der Waals surface area contributed by atoms with Crippen molar-refractivity contribution in [2.75, 3.05) is 25.5 Å². The number of aromatic nitrogens is 2. The third kappa shape index (κ3) is 3.94. The molecule has 0 aliphatic carbocycles. The quantitative estimate of drug-likeness (QED) is 0.884. The second-order valence-electron chi connectivity index (χ2n) is 6.17. The number of nitrogens with one attached hydrogen (secondary N) is 1. The zero-order valence-electron chi connectivity index (χ0n) is 14.2. The maximum atomic E-state index is 12.3. The summed E-state index contributed by atoms with van der Waals surface area (Å²) in [6, 6.07) is 7.78. The third-order valence-corrected chi connectivity index (χ3v) is 4.55. The first-order valence-corrected chi connectivity index (χ1v) is 8.31. The van der Waals surface area contributed by atoms with Crippen molar-refractivity contribution < 1.29 is 9.53 Å². The van der Waals surface area contributed by atoms with Gasteiger partial charge >= 0.3 is 0 Å². The number of nitrogens with zero attached hydrogens (tertiary/aromatic N) is 3. The van der Waals surface area contributed by atoms with Crippen molar-refractivity contribution >= 4 is 11.6 Å². The number of imidazole rings is 1. The lowest BCUT2D eigenvalue weighted by molar-refractivity contribution is -0.117. The predicted molar refractivity (Wildman–Crippen MR) is 93.2 cm³/mol. The molecular weight excluding hydrogens is 304 g/mol. The lowest BCUT2D eigenvalue weighted by atomic mass is 10.2. The van der Waals surface area contributed by atoms with Crippen molar-refractivity contribution in [2.45, 2.75) is 32.4 Å². The largest absolute Gasteiger partial charge is 0.497 e. The molecule has 1 N–H and O–H groups in total. The van der Waals surface area contributed by atoms with Crippen molar-refractivity contribution in [1.29, 1.82) is 0 Å². The summed E-state index contributed by atoms with van der Waals surface area (Å²) < 4.78 is 7.28. The van der Waals surface area contributed by atoms with E-state index in [1.807, 2.05) is 43.6 Å². The molecule has 0 bridgehead atoms. The third-order valence-electron chi connectivity index (χ3n) is 4.55. The van der Waals surface area contributed by atoms with E-state index in [4.69, 9.17) is 4.74 Å². The Bertz CT molecular complexity index is 681. The Morgan fingerprint density at radius 3 is 2.83 bits per heavy atom. The average Bonchev–Trinajstić information content (AvgIpc) is 3.18. The number of carbonyl (C=O) groups is 1. The highest BCUT2D eigenvalue weighted by Gasteiger charge is 2.26. The number of ether oxygens (including phenoxy) is 1. The zero-order chi connectivity index (χ0) is 16.9. The number of methoxy groups -OCH3 is 1. The van der Waals surface area contributed by atoms with Crippen LogP contribution in [0.15, 0.2) is 36.7 Å². The molecule has 1 unspecified atom stereocenters. The second kappa shape index (κ2) is 7.49. The first-order valence-electron chi connectivity index (χ1n) is 8.31. The summed E-state index contributed by atoms with van der Waals surface area (Å²) in [6.07, 6.45) is 6.08. The molecule has 1 aliphatic rings. The van der Waals surface area contributed by atoms with E-state index in [0.717, 1.165) is 43.2 Å². The van der Waals surface area contributed by atoms with Crippen molar-refractivity contribution in [3.8, 4) is 5.75 Å². The molecule has 2 heterocycles. The lowest BCUT2D eigenvalue weighted by Gasteiger charge is -2.24. The average molecular weight is 328 g/mol. The summed E-state index contributed by atoms with van der Waals surface area (Å²) in [4.78, 5) is 18.9. The Morgan fingerprint density at radius 1 is 1.38 bits per heavy atom. The van der Waals surface area contributed by atoms with Crippen LogP contribution in [0.5, 0.6) is 5.75 Å². The summed E-state index contributed by atoms with van der Waals surface area (Å²) in [5.74, 6) is 1.82. The van der Waals surface area contributed by atoms with E-state index in [0.29, 0.717) is 12.6 Å². The van der Waals surface area contributed by atoms with Crippen LogP contribution in [0.1, 0.15) is 18.7 Å². The molecule has 1 aliphatic heterocycles. The summed E-state index contributed by atoms with van der Waals surface area (Å²) >= 11 is 0. The molecular formula is C18H24N4O2. The monoisotopic (exact) mass is 328 g/mol. The van der Waals surface area contributed by atoms with Gasteiger partial charge in [-0.2, -0.15) is 0 Å². The van der Waals surface area contributed by atoms with Crippen LogP contribution in [0.4, 0.5) is 5.69 Å². The van der Waals surface area contributed by atoms with E-state index in [2.05, 4.69) is 19.8 Å². The van der Waals surface area contributed by atoms with Gasteiger partial charge in [-0.1, -0.05) is 0 Å². The normalized spacial score (nSPS) is 17.8. The second-order valence-corrected chi connectivity index (χ2v) is 6.17. The van der Waals surface area contributed by atoms with Crippen LogP contribution in [0.2, 0.25) is 0 Å². The summed E-state index contributed by atoms with van der Waals surface area (Å²) in [5.41, 5.74) is 0.794. The number of anilines is 1. The van der Waals surface area contributed by atoms with Gasteiger partial charge in [0.25, 0.3) is 0 Å². The molecule has 2 aromatic rings. The number of carbonyl (C=O) groups excluding carboxylic acids is 1. The number of amides is 1. The first kappa shape index (κ1) is 16.5. The van der Waals surface area contributed by atoms with E-state index in [-0.39, 0.29) is 5.91 Å². The summed E-state index contributed by atoms with van der Waals surface area (Å²) in [5, 5.41) is 2.96. The Morgan fingerprint density at radius 2 is 2.17 bits per heavy atom. The fourth-order valence-corrected chi connectivity index (χ4v) is 3.19. The number of aryl methyl sites for hydroxylation is 1. The van der Waals surface area contributed by atoms with Gasteiger partial charge in [0, 0.05) is 30.7 Å². The van der Waals surface area contributed by atoms with Crippen LogP contribution in [-0.2, 0) is 11.3 Å². The van der Waals surface area contributed by atoms with Crippen LogP contribution in [0.25, 0.3) is 0 Å². The van der Waals surface area contributed by atoms with Crippen LogP contribution < -0.4 is 10.1 Å². The molecule has 0 spiro atoms. The summed E-state index contributed by atoms with van der Waals surface area (Å²) in [6.45, 7) is 4.29. The Balaban J connectivity index is 1.55. The van der Waals surface area contributed by atoms with E-state index < -0.39 is 0 Å². The molecule has 128 valence electrons. The highest BCUT2D eigenvalue weighted by atomic mass is 16.5. The van der Waals surface area contributed by atoms with Crippen LogP contribution in [0, 0.1) is 6.92 Å². The van der Waals surface area contributed by atoms with Crippen molar-refractivity contribution in [2.24, 2.45) is 0 Å². The van der Waals surface area contributed by atoms with Crippen LogP contribution in [0.3, 0.4) is 0 Å². The Kier molecular flexibility index (Phi) is 5.15. The zero-order valence-corrected chi connectivity index (χ0v) is 14.2. The number of likely N-dealkylation sites (tertiary alicyclic amines) is 1. The molecule has 24 heavy (non-hydrogen) atoms. The fraction of sp³-hybridized carbons (Fsp3) is 0.444. The van der Waals surface area contributed by atoms with Gasteiger partial charge in [-0.25, -0.2) is 4.98 Å². The minimum Gasteiger partial charge on any atom is -0.497 e. The SMILES string of the molecule is COc1ccc(NC(=O)CN2CCCC2Cn2ccnc2C)cc1. The molecule has 1 amide bonds. The molecule has 1 aromatic carbocycles. The van der Waals surface area contributed by atoms with E-state index in [1.54, 1.807) is 7.11 Å². The van der Waals surface area contributed by atoms with Crippen molar-refractivity contribution in [3.05, 3.63) is 42.5 Å². The highest BCUT2D eigenvalue weighted by Crippen LogP contribution is 2.20. The first-order chi connectivity index (χ1) is 11.7. The smallest absolute Gasteiger partial charge is 0.238 e. The number of hydrogen-bond donors (Lipinski definition) is 1. The van der Waals surface area contributed by atoms with Crippen molar-refractivity contribution in [1.82, 2.24) is 14.5 Å². The van der Waals surface area contributed by atoms with Gasteiger partial charge in [0.05, 0.1) is 13.7 Å². The standard InChI is InChI=1S/C18H24N4O2/c1-14-19-9-11-21(14)12-16-4-3-10-22(16)13-18(23)20-15-5-7-17(24-2)8-6-15/h5-9,11,16H,3-4,10,12-13H2,1-2H3,(H,20,23).